The third-order valence-electron chi connectivity index (χ3n) is 2.63. The second-order valence-electron chi connectivity index (χ2n) is 4.11. The van der Waals surface area contributed by atoms with Gasteiger partial charge in [-0.3, -0.25) is 0 Å². The fraction of sp³-hybridized carbons (Fsp3) is 0.588. The van der Waals surface area contributed by atoms with Crippen LogP contribution in [0.5, 0.6) is 0 Å². The topological polar surface area (TPSA) is 33.1 Å². The standard InChI is InChI=1S/C13H17NOS2.2C2H6/c1-10-14-12(9-16-10)4-5-13-7-11(8-17-13)3-2-6-15;2*1-2/h7-9,15H,2-6H2,1H3;2*1-2H3. The number of thiazole rings is 1. The molecule has 0 unspecified atom stereocenters. The van der Waals surface area contributed by atoms with Crippen LogP contribution in [0.3, 0.4) is 0 Å². The first kappa shape index (κ1) is 20.3. The molecular formula is C17H29NOS2. The average molecular weight is 328 g/mol. The molecular weight excluding hydrogens is 298 g/mol. The second kappa shape index (κ2) is 13.0. The van der Waals surface area contributed by atoms with Crippen LogP contribution in [-0.2, 0) is 19.3 Å². The van der Waals surface area contributed by atoms with Crippen molar-refractivity contribution < 1.29 is 5.11 Å². The number of aliphatic hydroxyl groups excluding tert-OH is 1. The quantitative estimate of drug-likeness (QED) is 0.783. The Balaban J connectivity index is 0.000000921. The summed E-state index contributed by atoms with van der Waals surface area (Å²) in [6, 6.07) is 2.26. The summed E-state index contributed by atoms with van der Waals surface area (Å²) in [6.07, 6.45) is 3.96. The third-order valence-corrected chi connectivity index (χ3v) is 4.49. The Morgan fingerprint density at radius 1 is 1.00 bits per heavy atom. The molecule has 0 atom stereocenters. The lowest BCUT2D eigenvalue weighted by Gasteiger charge is -1.94. The maximum Gasteiger partial charge on any atom is 0.0897 e. The number of hydrogen-bond acceptors (Lipinski definition) is 4. The van der Waals surface area contributed by atoms with Crippen molar-refractivity contribution >= 4 is 22.7 Å². The van der Waals surface area contributed by atoms with Crippen molar-refractivity contribution in [2.75, 3.05) is 6.61 Å². The summed E-state index contributed by atoms with van der Waals surface area (Å²) >= 11 is 3.54. The van der Waals surface area contributed by atoms with Gasteiger partial charge in [0, 0.05) is 16.9 Å². The van der Waals surface area contributed by atoms with E-state index in [1.165, 1.54) is 16.1 Å². The molecule has 2 nitrogen and oxygen atoms in total. The lowest BCUT2D eigenvalue weighted by molar-refractivity contribution is 0.288. The highest BCUT2D eigenvalue weighted by atomic mass is 32.1. The molecule has 0 saturated heterocycles. The molecule has 4 heteroatoms. The van der Waals surface area contributed by atoms with Crippen LogP contribution in [0.4, 0.5) is 0 Å². The van der Waals surface area contributed by atoms with Gasteiger partial charge in [0.2, 0.25) is 0 Å². The van der Waals surface area contributed by atoms with Crippen LogP contribution in [0, 0.1) is 6.92 Å². The van der Waals surface area contributed by atoms with E-state index in [9.17, 15) is 0 Å². The van der Waals surface area contributed by atoms with E-state index in [-0.39, 0.29) is 6.61 Å². The molecule has 2 aromatic heterocycles. The molecule has 2 heterocycles. The molecule has 1 N–H and O–H groups in total. The van der Waals surface area contributed by atoms with Crippen molar-refractivity contribution in [1.29, 1.82) is 0 Å². The van der Waals surface area contributed by atoms with Crippen molar-refractivity contribution in [3.05, 3.63) is 38.0 Å². The molecule has 0 aliphatic heterocycles. The van der Waals surface area contributed by atoms with Gasteiger partial charge < -0.3 is 5.11 Å². The average Bonchev–Trinajstić information content (AvgIpc) is 3.16. The van der Waals surface area contributed by atoms with Gasteiger partial charge in [0.25, 0.3) is 0 Å². The van der Waals surface area contributed by atoms with Crippen LogP contribution >= 0.6 is 22.7 Å². The molecule has 0 radical (unpaired) electrons. The Bertz CT molecular complexity index is 463. The molecule has 0 bridgehead atoms. The maximum absolute atomic E-state index is 8.79. The first-order valence-corrected chi connectivity index (χ1v) is 9.62. The minimum absolute atomic E-state index is 0.281. The van der Waals surface area contributed by atoms with Gasteiger partial charge in [-0.25, -0.2) is 4.98 Å². The zero-order chi connectivity index (χ0) is 16.1. The Labute approximate surface area is 137 Å². The summed E-state index contributed by atoms with van der Waals surface area (Å²) < 4.78 is 0. The predicted molar refractivity (Wildman–Crippen MR) is 96.7 cm³/mol. The van der Waals surface area contributed by atoms with Gasteiger partial charge in [-0.2, -0.15) is 0 Å². The van der Waals surface area contributed by atoms with Gasteiger partial charge in [-0.05, 0) is 49.6 Å². The van der Waals surface area contributed by atoms with E-state index < -0.39 is 0 Å². The molecule has 0 aromatic carbocycles. The van der Waals surface area contributed by atoms with Crippen LogP contribution in [-0.4, -0.2) is 16.7 Å². The van der Waals surface area contributed by atoms with Crippen molar-refractivity contribution in [2.24, 2.45) is 0 Å². The summed E-state index contributed by atoms with van der Waals surface area (Å²) in [7, 11) is 0. The normalized spacial score (nSPS) is 9.43. The number of aryl methyl sites for hydroxylation is 4. The summed E-state index contributed by atoms with van der Waals surface area (Å²) in [5.41, 5.74) is 2.56. The van der Waals surface area contributed by atoms with Gasteiger partial charge in [0.05, 0.1) is 10.7 Å². The monoisotopic (exact) mass is 327 g/mol. The first-order valence-electron chi connectivity index (χ1n) is 7.86. The predicted octanol–water partition coefficient (Wildman–Crippen LogP) is 5.28. The van der Waals surface area contributed by atoms with Gasteiger partial charge >= 0.3 is 0 Å². The number of aromatic nitrogens is 1. The molecule has 120 valence electrons. The largest absolute Gasteiger partial charge is 0.396 e. The summed E-state index contributed by atoms with van der Waals surface area (Å²) in [5.74, 6) is 0. The van der Waals surface area contributed by atoms with E-state index in [1.54, 1.807) is 11.3 Å². The lowest BCUT2D eigenvalue weighted by atomic mass is 10.1. The first-order chi connectivity index (χ1) is 10.3. The molecule has 0 fully saturated rings. The minimum atomic E-state index is 0.281. The fourth-order valence-corrected chi connectivity index (χ4v) is 3.32. The summed E-state index contributed by atoms with van der Waals surface area (Å²) in [5, 5.41) is 14.3. The highest BCUT2D eigenvalue weighted by molar-refractivity contribution is 7.10. The maximum atomic E-state index is 8.79. The van der Waals surface area contributed by atoms with E-state index in [2.05, 4.69) is 21.8 Å². The molecule has 0 aliphatic carbocycles. The SMILES string of the molecule is CC.CC.Cc1nc(CCc2cc(CCCO)cs2)cs1. The van der Waals surface area contributed by atoms with Gasteiger partial charge in [0.1, 0.15) is 0 Å². The Hall–Kier alpha value is -0.710. The molecule has 21 heavy (non-hydrogen) atoms. The van der Waals surface area contributed by atoms with Gasteiger partial charge in [-0.15, -0.1) is 22.7 Å². The van der Waals surface area contributed by atoms with Gasteiger partial charge in [-0.1, -0.05) is 27.7 Å². The number of thiophene rings is 1. The van der Waals surface area contributed by atoms with Crippen LogP contribution in [0.2, 0.25) is 0 Å². The zero-order valence-corrected chi connectivity index (χ0v) is 15.6. The molecule has 0 spiro atoms. The molecule has 0 saturated carbocycles. The molecule has 2 aromatic rings. The summed E-state index contributed by atoms with van der Waals surface area (Å²) in [4.78, 5) is 5.89. The van der Waals surface area contributed by atoms with Crippen molar-refractivity contribution in [1.82, 2.24) is 4.98 Å². The van der Waals surface area contributed by atoms with Crippen molar-refractivity contribution in [2.45, 2.75) is 60.3 Å². The second-order valence-corrected chi connectivity index (χ2v) is 6.16. The van der Waals surface area contributed by atoms with Crippen LogP contribution in [0.1, 0.15) is 55.3 Å². The van der Waals surface area contributed by atoms with Crippen LogP contribution in [0.25, 0.3) is 0 Å². The fourth-order valence-electron chi connectivity index (χ4n) is 1.75. The number of nitrogens with zero attached hydrogens (tertiary/aromatic N) is 1. The molecule has 0 aliphatic rings. The smallest absolute Gasteiger partial charge is 0.0897 e. The van der Waals surface area contributed by atoms with Crippen LogP contribution in [0.15, 0.2) is 16.8 Å². The van der Waals surface area contributed by atoms with E-state index in [1.807, 2.05) is 46.0 Å². The Kier molecular flexibility index (Phi) is 12.5. The Morgan fingerprint density at radius 3 is 2.29 bits per heavy atom. The van der Waals surface area contributed by atoms with E-state index in [0.717, 1.165) is 30.7 Å². The number of hydrogen-bond donors (Lipinski definition) is 1. The van der Waals surface area contributed by atoms with Crippen molar-refractivity contribution in [3.63, 3.8) is 0 Å². The highest BCUT2D eigenvalue weighted by Crippen LogP contribution is 2.19. The van der Waals surface area contributed by atoms with E-state index >= 15 is 0 Å². The van der Waals surface area contributed by atoms with Crippen LogP contribution < -0.4 is 0 Å². The summed E-state index contributed by atoms with van der Waals surface area (Å²) in [6.45, 7) is 10.3. The zero-order valence-electron chi connectivity index (χ0n) is 14.0. The van der Waals surface area contributed by atoms with Crippen molar-refractivity contribution in [3.8, 4) is 0 Å². The third kappa shape index (κ3) is 8.34. The highest BCUT2D eigenvalue weighted by Gasteiger charge is 2.03. The molecule has 0 amide bonds. The lowest BCUT2D eigenvalue weighted by Crippen LogP contribution is -1.90. The molecule has 2 rings (SSSR count). The minimum Gasteiger partial charge on any atom is -0.396 e. The number of aliphatic hydroxyl groups is 1. The van der Waals surface area contributed by atoms with E-state index in [4.69, 9.17) is 5.11 Å². The Morgan fingerprint density at radius 2 is 1.71 bits per heavy atom. The number of rotatable bonds is 6. The van der Waals surface area contributed by atoms with Gasteiger partial charge in [0.15, 0.2) is 0 Å². The van der Waals surface area contributed by atoms with E-state index in [0.29, 0.717) is 0 Å².